The highest BCUT2D eigenvalue weighted by Crippen LogP contribution is 2.26. The van der Waals surface area contributed by atoms with Crippen LogP contribution in [0.25, 0.3) is 0 Å². The molecule has 0 fully saturated rings. The number of ether oxygens (including phenoxy) is 1. The van der Waals surface area contributed by atoms with Crippen LogP contribution in [-0.2, 0) is 6.42 Å². The van der Waals surface area contributed by atoms with Crippen molar-refractivity contribution in [1.82, 2.24) is 0 Å². The molecule has 2 aromatic rings. The maximum atomic E-state index is 12.0. The Kier molecular flexibility index (Phi) is 4.55. The molecule has 0 amide bonds. The van der Waals surface area contributed by atoms with Crippen molar-refractivity contribution in [3.63, 3.8) is 0 Å². The van der Waals surface area contributed by atoms with E-state index in [9.17, 15) is 4.79 Å². The number of hydrogen-bond donors (Lipinski definition) is 0. The Morgan fingerprint density at radius 2 is 2.22 bits per heavy atom. The maximum Gasteiger partial charge on any atom is 0.163 e. The van der Waals surface area contributed by atoms with E-state index in [1.165, 1.54) is 4.88 Å². The summed E-state index contributed by atoms with van der Waals surface area (Å²) in [6.07, 6.45) is 1.35. The quantitative estimate of drug-likeness (QED) is 0.765. The van der Waals surface area contributed by atoms with Crippen molar-refractivity contribution in [3.8, 4) is 5.75 Å². The zero-order valence-electron chi connectivity index (χ0n) is 9.98. The molecule has 0 unspecified atom stereocenters. The summed E-state index contributed by atoms with van der Waals surface area (Å²) >= 11 is 5.08. The molecule has 0 saturated heterocycles. The summed E-state index contributed by atoms with van der Waals surface area (Å²) in [4.78, 5) is 13.3. The predicted octanol–water partition coefficient (Wildman–Crippen LogP) is 4.33. The van der Waals surface area contributed by atoms with Gasteiger partial charge < -0.3 is 4.74 Å². The molecule has 18 heavy (non-hydrogen) atoms. The molecule has 2 nitrogen and oxygen atoms in total. The number of thiophene rings is 1. The molecule has 0 N–H and O–H groups in total. The first-order valence-electron chi connectivity index (χ1n) is 5.60. The number of halogens is 1. The Labute approximate surface area is 119 Å². The molecule has 1 aromatic heterocycles. The van der Waals surface area contributed by atoms with Crippen LogP contribution in [0.15, 0.2) is 40.2 Å². The van der Waals surface area contributed by atoms with Crippen molar-refractivity contribution in [2.24, 2.45) is 0 Å². The van der Waals surface area contributed by atoms with Gasteiger partial charge in [-0.2, -0.15) is 0 Å². The first-order valence-corrected chi connectivity index (χ1v) is 7.27. The Morgan fingerprint density at radius 1 is 1.39 bits per heavy atom. The first kappa shape index (κ1) is 13.3. The summed E-state index contributed by atoms with van der Waals surface area (Å²) in [6, 6.07) is 9.49. The normalized spacial score (nSPS) is 10.3. The minimum absolute atomic E-state index is 0.159. The van der Waals surface area contributed by atoms with Gasteiger partial charge in [0.1, 0.15) is 5.75 Å². The van der Waals surface area contributed by atoms with Crippen LogP contribution in [0.2, 0.25) is 0 Å². The van der Waals surface area contributed by atoms with Crippen LogP contribution in [0.3, 0.4) is 0 Å². The SMILES string of the molecule is COc1ccc(C(=O)CCc2cccs2)cc1Br. The van der Waals surface area contributed by atoms with E-state index in [0.29, 0.717) is 6.42 Å². The summed E-state index contributed by atoms with van der Waals surface area (Å²) in [6.45, 7) is 0. The molecule has 0 spiro atoms. The van der Waals surface area contributed by atoms with Crippen molar-refractivity contribution in [3.05, 3.63) is 50.6 Å². The van der Waals surface area contributed by atoms with E-state index in [-0.39, 0.29) is 5.78 Å². The molecule has 0 aliphatic rings. The molecule has 0 atom stereocenters. The smallest absolute Gasteiger partial charge is 0.163 e. The fourth-order valence-corrected chi connectivity index (χ4v) is 2.93. The highest BCUT2D eigenvalue weighted by Gasteiger charge is 2.09. The van der Waals surface area contributed by atoms with Crippen LogP contribution in [0.4, 0.5) is 0 Å². The summed E-state index contributed by atoms with van der Waals surface area (Å²) in [5.74, 6) is 0.900. The number of Topliss-reactive ketones (excluding diaryl/α,β-unsaturated/α-hetero) is 1. The molecule has 1 heterocycles. The largest absolute Gasteiger partial charge is 0.496 e. The second-order valence-corrected chi connectivity index (χ2v) is 5.74. The summed E-state index contributed by atoms with van der Waals surface area (Å²) in [5, 5.41) is 2.03. The second-order valence-electron chi connectivity index (χ2n) is 3.85. The van der Waals surface area contributed by atoms with E-state index in [0.717, 1.165) is 22.2 Å². The van der Waals surface area contributed by atoms with Crippen molar-refractivity contribution < 1.29 is 9.53 Å². The number of ketones is 1. The van der Waals surface area contributed by atoms with Gasteiger partial charge in [0.25, 0.3) is 0 Å². The molecular formula is C14H13BrO2S. The van der Waals surface area contributed by atoms with Crippen LogP contribution in [-0.4, -0.2) is 12.9 Å². The van der Waals surface area contributed by atoms with Crippen molar-refractivity contribution >= 4 is 33.0 Å². The number of carbonyl (C=O) groups is 1. The molecule has 94 valence electrons. The van der Waals surface area contributed by atoms with Gasteiger partial charge in [0.2, 0.25) is 0 Å². The Balaban J connectivity index is 2.02. The van der Waals surface area contributed by atoms with Gasteiger partial charge in [0.05, 0.1) is 11.6 Å². The number of hydrogen-bond acceptors (Lipinski definition) is 3. The van der Waals surface area contributed by atoms with Crippen LogP contribution in [0, 0.1) is 0 Å². The van der Waals surface area contributed by atoms with E-state index in [2.05, 4.69) is 22.0 Å². The average Bonchev–Trinajstić information content (AvgIpc) is 2.89. The summed E-state index contributed by atoms with van der Waals surface area (Å²) in [5.41, 5.74) is 0.722. The highest BCUT2D eigenvalue weighted by molar-refractivity contribution is 9.10. The predicted molar refractivity (Wildman–Crippen MR) is 77.7 cm³/mol. The van der Waals surface area contributed by atoms with Gasteiger partial charge in [-0.15, -0.1) is 11.3 Å². The minimum atomic E-state index is 0.159. The van der Waals surface area contributed by atoms with Gasteiger partial charge in [0, 0.05) is 16.9 Å². The average molecular weight is 325 g/mol. The van der Waals surface area contributed by atoms with Gasteiger partial charge in [-0.25, -0.2) is 0 Å². The van der Waals surface area contributed by atoms with Crippen LogP contribution < -0.4 is 4.74 Å². The van der Waals surface area contributed by atoms with Crippen molar-refractivity contribution in [1.29, 1.82) is 0 Å². The van der Waals surface area contributed by atoms with Gasteiger partial charge >= 0.3 is 0 Å². The Morgan fingerprint density at radius 3 is 2.83 bits per heavy atom. The molecule has 0 radical (unpaired) electrons. The molecule has 1 aromatic carbocycles. The summed E-state index contributed by atoms with van der Waals surface area (Å²) < 4.78 is 5.95. The third-order valence-corrected chi connectivity index (χ3v) is 4.21. The van der Waals surface area contributed by atoms with Gasteiger partial charge in [-0.05, 0) is 52.0 Å². The monoisotopic (exact) mass is 324 g/mol. The Hall–Kier alpha value is -1.13. The lowest BCUT2D eigenvalue weighted by molar-refractivity contribution is 0.0983. The molecule has 0 bridgehead atoms. The van der Waals surface area contributed by atoms with E-state index in [1.54, 1.807) is 24.5 Å². The van der Waals surface area contributed by atoms with E-state index in [4.69, 9.17) is 4.74 Å². The van der Waals surface area contributed by atoms with E-state index >= 15 is 0 Å². The fraction of sp³-hybridized carbons (Fsp3) is 0.214. The molecule has 0 aliphatic carbocycles. The molecule has 0 aliphatic heterocycles. The number of methoxy groups -OCH3 is 1. The lowest BCUT2D eigenvalue weighted by atomic mass is 10.1. The standard InChI is InChI=1S/C14H13BrO2S/c1-17-14-7-4-10(9-12(14)15)13(16)6-5-11-3-2-8-18-11/h2-4,7-9H,5-6H2,1H3. The Bertz CT molecular complexity index is 535. The number of aryl methyl sites for hydroxylation is 1. The number of carbonyl (C=O) groups excluding carboxylic acids is 1. The van der Waals surface area contributed by atoms with Crippen LogP contribution >= 0.6 is 27.3 Å². The topological polar surface area (TPSA) is 26.3 Å². The lowest BCUT2D eigenvalue weighted by Gasteiger charge is -2.05. The lowest BCUT2D eigenvalue weighted by Crippen LogP contribution is -2.01. The second kappa shape index (κ2) is 6.16. The molecule has 2 rings (SSSR count). The minimum Gasteiger partial charge on any atom is -0.496 e. The fourth-order valence-electron chi connectivity index (χ4n) is 1.68. The number of benzene rings is 1. The molecule has 0 saturated carbocycles. The van der Waals surface area contributed by atoms with Crippen molar-refractivity contribution in [2.75, 3.05) is 7.11 Å². The zero-order chi connectivity index (χ0) is 13.0. The molecule has 4 heteroatoms. The van der Waals surface area contributed by atoms with Gasteiger partial charge in [0.15, 0.2) is 5.78 Å². The maximum absolute atomic E-state index is 12.0. The van der Waals surface area contributed by atoms with E-state index < -0.39 is 0 Å². The number of rotatable bonds is 5. The van der Waals surface area contributed by atoms with Crippen LogP contribution in [0.1, 0.15) is 21.7 Å². The third kappa shape index (κ3) is 3.21. The highest BCUT2D eigenvalue weighted by atomic mass is 79.9. The van der Waals surface area contributed by atoms with E-state index in [1.807, 2.05) is 23.6 Å². The van der Waals surface area contributed by atoms with Crippen molar-refractivity contribution in [2.45, 2.75) is 12.8 Å². The summed E-state index contributed by atoms with van der Waals surface area (Å²) in [7, 11) is 1.61. The first-order chi connectivity index (χ1) is 8.70. The zero-order valence-corrected chi connectivity index (χ0v) is 12.4. The third-order valence-electron chi connectivity index (χ3n) is 2.65. The van der Waals surface area contributed by atoms with Gasteiger partial charge in [-0.3, -0.25) is 4.79 Å². The van der Waals surface area contributed by atoms with Gasteiger partial charge in [-0.1, -0.05) is 6.07 Å². The van der Waals surface area contributed by atoms with Crippen LogP contribution in [0.5, 0.6) is 5.75 Å². The molecular weight excluding hydrogens is 312 g/mol.